The van der Waals surface area contributed by atoms with Crippen LogP contribution in [0.4, 0.5) is 0 Å². The van der Waals surface area contributed by atoms with Crippen molar-refractivity contribution in [1.82, 2.24) is 0 Å². The molecule has 0 fully saturated rings. The topological polar surface area (TPSA) is 0 Å². The zero-order valence-corrected chi connectivity index (χ0v) is 6.40. The third kappa shape index (κ3) is 4.07. The van der Waals surface area contributed by atoms with Crippen molar-refractivity contribution in [3.8, 4) is 0 Å². The highest BCUT2D eigenvalue weighted by atomic mass is 79.9. The van der Waals surface area contributed by atoms with Gasteiger partial charge in [-0.2, -0.15) is 0 Å². The van der Waals surface area contributed by atoms with Crippen molar-refractivity contribution in [2.24, 2.45) is 0 Å². The number of halogens is 1. The van der Waals surface area contributed by atoms with Gasteiger partial charge in [0.05, 0.1) is 0 Å². The maximum atomic E-state index is 3.45. The molecule has 0 heterocycles. The maximum absolute atomic E-state index is 3.45. The van der Waals surface area contributed by atoms with E-state index in [9.17, 15) is 0 Å². The van der Waals surface area contributed by atoms with E-state index in [0.717, 1.165) is 0 Å². The van der Waals surface area contributed by atoms with Gasteiger partial charge in [-0.1, -0.05) is 35.0 Å². The predicted molar refractivity (Wildman–Crippen MR) is 37.8 cm³/mol. The summed E-state index contributed by atoms with van der Waals surface area (Å²) in [7, 11) is 0. The molecule has 0 aliphatic heterocycles. The molecule has 0 N–H and O–H groups in total. The number of rotatable bonds is 2. The van der Waals surface area contributed by atoms with E-state index in [2.05, 4.69) is 35.0 Å². The molecular formula is C6H11Br. The Bertz CT molecular complexity index is 57.2. The summed E-state index contributed by atoms with van der Waals surface area (Å²) in [5.41, 5.74) is 0. The third-order valence-electron chi connectivity index (χ3n) is 0.791. The first-order valence-corrected chi connectivity index (χ1v) is 3.49. The zero-order valence-electron chi connectivity index (χ0n) is 4.82. The second-order valence-electron chi connectivity index (χ2n) is 1.45. The van der Waals surface area contributed by atoms with Crippen LogP contribution in [-0.2, 0) is 0 Å². The summed E-state index contributed by atoms with van der Waals surface area (Å²) < 4.78 is 0. The Morgan fingerprint density at radius 3 is 2.43 bits per heavy atom. The lowest BCUT2D eigenvalue weighted by atomic mass is 10.3. The number of allylic oxidation sites excluding steroid dienone is 2. The molecule has 7 heavy (non-hydrogen) atoms. The normalized spacial score (nSPS) is 15.3. The molecule has 0 saturated heterocycles. The molecule has 0 saturated carbocycles. The highest BCUT2D eigenvalue weighted by Crippen LogP contribution is 2.04. The molecule has 1 atom stereocenters. The van der Waals surface area contributed by atoms with Crippen molar-refractivity contribution in [2.45, 2.75) is 25.1 Å². The number of hydrogen-bond donors (Lipinski definition) is 0. The Kier molecular flexibility index (Phi) is 4.52. The van der Waals surface area contributed by atoms with Crippen molar-refractivity contribution >= 4 is 15.9 Å². The van der Waals surface area contributed by atoms with Crippen molar-refractivity contribution in [1.29, 1.82) is 0 Å². The van der Waals surface area contributed by atoms with Crippen molar-refractivity contribution in [3.63, 3.8) is 0 Å². The Hall–Kier alpha value is 0.220. The SMILES string of the molecule is CC=CC(Br)CC. The van der Waals surface area contributed by atoms with Gasteiger partial charge in [0.2, 0.25) is 0 Å². The lowest BCUT2D eigenvalue weighted by Crippen LogP contribution is -1.85. The summed E-state index contributed by atoms with van der Waals surface area (Å²) in [6.45, 7) is 4.18. The van der Waals surface area contributed by atoms with Crippen LogP contribution < -0.4 is 0 Å². The summed E-state index contributed by atoms with van der Waals surface area (Å²) in [5, 5.41) is 0. The van der Waals surface area contributed by atoms with Gasteiger partial charge in [-0.3, -0.25) is 0 Å². The van der Waals surface area contributed by atoms with Crippen LogP contribution in [0.3, 0.4) is 0 Å². The highest BCUT2D eigenvalue weighted by Gasteiger charge is 1.88. The highest BCUT2D eigenvalue weighted by molar-refractivity contribution is 9.09. The summed E-state index contributed by atoms with van der Waals surface area (Å²) in [4.78, 5) is 0.581. The van der Waals surface area contributed by atoms with E-state index < -0.39 is 0 Å². The van der Waals surface area contributed by atoms with Crippen molar-refractivity contribution < 1.29 is 0 Å². The Balaban J connectivity index is 3.16. The van der Waals surface area contributed by atoms with Gasteiger partial charge >= 0.3 is 0 Å². The molecule has 42 valence electrons. The largest absolute Gasteiger partial charge is 0.0906 e. The second-order valence-corrected chi connectivity index (χ2v) is 2.63. The van der Waals surface area contributed by atoms with Crippen LogP contribution in [0, 0.1) is 0 Å². The molecule has 0 aromatic rings. The van der Waals surface area contributed by atoms with E-state index >= 15 is 0 Å². The van der Waals surface area contributed by atoms with E-state index in [1.165, 1.54) is 6.42 Å². The lowest BCUT2D eigenvalue weighted by Gasteiger charge is -1.93. The molecule has 0 bridgehead atoms. The van der Waals surface area contributed by atoms with E-state index in [1.807, 2.05) is 6.92 Å². The summed E-state index contributed by atoms with van der Waals surface area (Å²) >= 11 is 3.45. The smallest absolute Gasteiger partial charge is 0.0322 e. The summed E-state index contributed by atoms with van der Waals surface area (Å²) in [6, 6.07) is 0. The fraction of sp³-hybridized carbons (Fsp3) is 0.667. The molecule has 0 spiro atoms. The molecule has 0 rings (SSSR count). The van der Waals surface area contributed by atoms with E-state index in [-0.39, 0.29) is 0 Å². The molecule has 1 heteroatoms. The molecule has 0 aliphatic rings. The molecule has 1 unspecified atom stereocenters. The van der Waals surface area contributed by atoms with Crippen LogP contribution in [0.1, 0.15) is 20.3 Å². The quantitative estimate of drug-likeness (QED) is 0.433. The molecule has 0 nitrogen and oxygen atoms in total. The molecule has 0 aromatic heterocycles. The minimum atomic E-state index is 0.581. The van der Waals surface area contributed by atoms with Crippen LogP contribution in [-0.4, -0.2) is 4.83 Å². The Labute approximate surface area is 53.7 Å². The van der Waals surface area contributed by atoms with Gasteiger partial charge in [-0.25, -0.2) is 0 Å². The van der Waals surface area contributed by atoms with Gasteiger partial charge in [0.15, 0.2) is 0 Å². The summed E-state index contributed by atoms with van der Waals surface area (Å²) in [6.07, 6.45) is 5.37. The van der Waals surface area contributed by atoms with E-state index in [1.54, 1.807) is 0 Å². The monoisotopic (exact) mass is 162 g/mol. The van der Waals surface area contributed by atoms with Gasteiger partial charge in [0.1, 0.15) is 0 Å². The fourth-order valence-corrected chi connectivity index (χ4v) is 0.650. The van der Waals surface area contributed by atoms with Gasteiger partial charge in [0.25, 0.3) is 0 Å². The van der Waals surface area contributed by atoms with Crippen molar-refractivity contribution in [3.05, 3.63) is 12.2 Å². The fourth-order valence-electron chi connectivity index (χ4n) is 0.345. The third-order valence-corrected chi connectivity index (χ3v) is 1.74. The number of alkyl halides is 1. The average Bonchev–Trinajstić information content (AvgIpc) is 1.68. The minimum absolute atomic E-state index is 0.581. The summed E-state index contributed by atoms with van der Waals surface area (Å²) in [5.74, 6) is 0. The molecule has 0 radical (unpaired) electrons. The number of hydrogen-bond acceptors (Lipinski definition) is 0. The van der Waals surface area contributed by atoms with Crippen LogP contribution in [0.5, 0.6) is 0 Å². The van der Waals surface area contributed by atoms with Crippen LogP contribution in [0.2, 0.25) is 0 Å². The van der Waals surface area contributed by atoms with E-state index in [4.69, 9.17) is 0 Å². The van der Waals surface area contributed by atoms with Crippen LogP contribution in [0.25, 0.3) is 0 Å². The lowest BCUT2D eigenvalue weighted by molar-refractivity contribution is 0.990. The Morgan fingerprint density at radius 2 is 2.29 bits per heavy atom. The first-order valence-electron chi connectivity index (χ1n) is 2.58. The maximum Gasteiger partial charge on any atom is 0.0322 e. The second kappa shape index (κ2) is 4.38. The van der Waals surface area contributed by atoms with E-state index in [0.29, 0.717) is 4.83 Å². The Morgan fingerprint density at radius 1 is 1.71 bits per heavy atom. The van der Waals surface area contributed by atoms with Gasteiger partial charge in [-0.15, -0.1) is 0 Å². The molecule has 0 aromatic carbocycles. The molecule has 0 amide bonds. The first kappa shape index (κ1) is 7.22. The van der Waals surface area contributed by atoms with Crippen molar-refractivity contribution in [2.75, 3.05) is 0 Å². The first-order chi connectivity index (χ1) is 3.31. The molecule has 0 aliphatic carbocycles. The predicted octanol–water partition coefficient (Wildman–Crippen LogP) is 2.74. The minimum Gasteiger partial charge on any atom is -0.0906 e. The zero-order chi connectivity index (χ0) is 5.70. The van der Waals surface area contributed by atoms with Gasteiger partial charge in [-0.05, 0) is 13.3 Å². The van der Waals surface area contributed by atoms with Gasteiger partial charge < -0.3 is 0 Å². The average molecular weight is 163 g/mol. The van der Waals surface area contributed by atoms with Crippen LogP contribution >= 0.6 is 15.9 Å². The molecular weight excluding hydrogens is 152 g/mol. The standard InChI is InChI=1S/C6H11Br/c1-3-5-6(7)4-2/h3,5-6H,4H2,1-2H3. The van der Waals surface area contributed by atoms with Crippen LogP contribution in [0.15, 0.2) is 12.2 Å². The van der Waals surface area contributed by atoms with Gasteiger partial charge in [0, 0.05) is 4.83 Å².